The van der Waals surface area contributed by atoms with Crippen molar-refractivity contribution in [1.82, 2.24) is 4.90 Å². The molecule has 1 fully saturated rings. The van der Waals surface area contributed by atoms with E-state index < -0.39 is 38.8 Å². The monoisotopic (exact) mass is 580 g/mol. The van der Waals surface area contributed by atoms with Crippen LogP contribution in [0.15, 0.2) is 65.1 Å². The van der Waals surface area contributed by atoms with E-state index in [1.54, 1.807) is 29.2 Å². The molecular formula is C27H18Cl2F4N2O2S. The molecule has 3 aromatic carbocycles. The molecule has 0 radical (unpaired) electrons. The first-order valence-corrected chi connectivity index (χ1v) is 13.1. The molecule has 0 saturated carbocycles. The lowest BCUT2D eigenvalue weighted by molar-refractivity contribution is -0.159. The third kappa shape index (κ3) is 3.94. The van der Waals surface area contributed by atoms with Crippen LogP contribution in [-0.4, -0.2) is 35.8 Å². The number of amides is 1. The van der Waals surface area contributed by atoms with Gasteiger partial charge in [-0.2, -0.15) is 13.2 Å². The van der Waals surface area contributed by atoms with Crippen LogP contribution in [0.1, 0.15) is 39.0 Å². The fourth-order valence-corrected chi connectivity index (χ4v) is 6.67. The third-order valence-corrected chi connectivity index (χ3v) is 9.05. The minimum absolute atomic E-state index is 0.0771. The zero-order valence-corrected chi connectivity index (χ0v) is 21.8. The van der Waals surface area contributed by atoms with Gasteiger partial charge in [-0.3, -0.25) is 4.79 Å². The van der Waals surface area contributed by atoms with Crippen LogP contribution in [0.2, 0.25) is 10.0 Å². The molecule has 1 amide bonds. The maximum atomic E-state index is 14.4. The van der Waals surface area contributed by atoms with E-state index >= 15 is 0 Å². The number of benzene rings is 3. The SMILES string of the molecule is O=C(c1ccccc1)N1CC2(C1)OCc1cc(C3=NS[C@@](c4cc(Cl)c(F)c(Cl)c4)(C(F)(F)F)C3)ccc12. The van der Waals surface area contributed by atoms with Crippen molar-refractivity contribution in [2.24, 2.45) is 4.40 Å². The van der Waals surface area contributed by atoms with Gasteiger partial charge in [-0.25, -0.2) is 8.79 Å². The molecule has 11 heteroatoms. The Hall–Kier alpha value is -2.59. The number of alkyl halides is 3. The summed E-state index contributed by atoms with van der Waals surface area (Å²) in [7, 11) is 0. The minimum Gasteiger partial charge on any atom is -0.362 e. The summed E-state index contributed by atoms with van der Waals surface area (Å²) in [6, 6.07) is 16.3. The molecule has 6 rings (SSSR count). The van der Waals surface area contributed by atoms with Crippen LogP contribution in [0.25, 0.3) is 0 Å². The predicted octanol–water partition coefficient (Wildman–Crippen LogP) is 7.31. The highest BCUT2D eigenvalue weighted by Crippen LogP contribution is 2.57. The summed E-state index contributed by atoms with van der Waals surface area (Å²) < 4.78 is 65.0. The molecule has 1 atom stereocenters. The van der Waals surface area contributed by atoms with Crippen molar-refractivity contribution >= 4 is 46.8 Å². The summed E-state index contributed by atoms with van der Waals surface area (Å²) in [5.41, 5.74) is 2.28. The van der Waals surface area contributed by atoms with Gasteiger partial charge in [0.1, 0.15) is 5.60 Å². The molecule has 4 nitrogen and oxygen atoms in total. The number of likely N-dealkylation sites (tertiary alicyclic amines) is 1. The molecule has 3 aliphatic heterocycles. The highest BCUT2D eigenvalue weighted by molar-refractivity contribution is 7.99. The van der Waals surface area contributed by atoms with Crippen molar-refractivity contribution in [3.05, 3.63) is 104 Å². The average Bonchev–Trinajstić information content (AvgIpc) is 3.49. The topological polar surface area (TPSA) is 41.9 Å². The van der Waals surface area contributed by atoms with Gasteiger partial charge in [0.2, 0.25) is 0 Å². The molecule has 0 unspecified atom stereocenters. The van der Waals surface area contributed by atoms with E-state index in [2.05, 4.69) is 4.40 Å². The summed E-state index contributed by atoms with van der Waals surface area (Å²) in [6.07, 6.45) is -5.18. The van der Waals surface area contributed by atoms with E-state index in [9.17, 15) is 22.4 Å². The van der Waals surface area contributed by atoms with E-state index in [1.807, 2.05) is 24.3 Å². The molecule has 38 heavy (non-hydrogen) atoms. The van der Waals surface area contributed by atoms with Crippen molar-refractivity contribution in [1.29, 1.82) is 0 Å². The smallest absolute Gasteiger partial charge is 0.362 e. The summed E-state index contributed by atoms with van der Waals surface area (Å²) >= 11 is 12.0. The van der Waals surface area contributed by atoms with Crippen LogP contribution in [0.3, 0.4) is 0 Å². The number of nitrogens with zero attached hydrogens (tertiary/aromatic N) is 2. The first-order chi connectivity index (χ1) is 18.0. The van der Waals surface area contributed by atoms with E-state index in [1.165, 1.54) is 0 Å². The zero-order chi connectivity index (χ0) is 26.9. The number of hydrogen-bond acceptors (Lipinski definition) is 4. The number of ether oxygens (including phenoxy) is 1. The lowest BCUT2D eigenvalue weighted by Gasteiger charge is -2.47. The number of carbonyl (C=O) groups is 1. The first-order valence-electron chi connectivity index (χ1n) is 11.6. The number of hydrogen-bond donors (Lipinski definition) is 0. The summed E-state index contributed by atoms with van der Waals surface area (Å²) in [5.74, 6) is -1.04. The van der Waals surface area contributed by atoms with E-state index in [0.717, 1.165) is 23.3 Å². The second-order valence-electron chi connectivity index (χ2n) is 9.57. The lowest BCUT2D eigenvalue weighted by Crippen LogP contribution is -2.61. The molecule has 3 aromatic rings. The normalized spacial score (nSPS) is 21.8. The first kappa shape index (κ1) is 25.7. The van der Waals surface area contributed by atoms with Gasteiger partial charge in [0.05, 0.1) is 35.5 Å². The van der Waals surface area contributed by atoms with Gasteiger partial charge in [-0.15, -0.1) is 0 Å². The van der Waals surface area contributed by atoms with Crippen LogP contribution in [0.4, 0.5) is 17.6 Å². The van der Waals surface area contributed by atoms with Gasteiger partial charge in [-0.1, -0.05) is 53.5 Å². The molecular weight excluding hydrogens is 563 g/mol. The standard InChI is InChI=1S/C27H18Cl2F4N2O2S/c28-20-9-18(10-21(29)23(20)30)26(27(31,32)33)11-22(34-38-26)16-6-7-19-17(8-16)12-37-25(19)13-35(14-25)24(36)15-4-2-1-3-5-15/h1-10H,11-14H2/t26-/m0/s1. The summed E-state index contributed by atoms with van der Waals surface area (Å²) in [4.78, 5) is 14.5. The average molecular weight is 581 g/mol. The maximum absolute atomic E-state index is 14.4. The summed E-state index contributed by atoms with van der Waals surface area (Å²) in [5, 5.41) is -0.962. The van der Waals surface area contributed by atoms with Crippen molar-refractivity contribution in [2.45, 2.75) is 29.6 Å². The number of carbonyl (C=O) groups excluding carboxylic acids is 1. The molecule has 0 bridgehead atoms. The second kappa shape index (κ2) is 8.98. The number of rotatable bonds is 3. The molecule has 0 aromatic heterocycles. The molecule has 3 aliphatic rings. The van der Waals surface area contributed by atoms with Gasteiger partial charge >= 0.3 is 6.18 Å². The van der Waals surface area contributed by atoms with Crippen LogP contribution >= 0.6 is 35.1 Å². The Labute approximate surface area is 229 Å². The number of fused-ring (bicyclic) bond motifs is 2. The minimum atomic E-state index is -4.71. The molecule has 0 N–H and O–H groups in total. The van der Waals surface area contributed by atoms with Crippen LogP contribution in [0.5, 0.6) is 0 Å². The van der Waals surface area contributed by atoms with Gasteiger partial charge in [0, 0.05) is 12.0 Å². The quantitative estimate of drug-likeness (QED) is 0.185. The Morgan fingerprint density at radius 1 is 1.03 bits per heavy atom. The van der Waals surface area contributed by atoms with Gasteiger partial charge in [0.25, 0.3) is 5.91 Å². The van der Waals surface area contributed by atoms with Crippen LogP contribution in [-0.2, 0) is 21.7 Å². The van der Waals surface area contributed by atoms with Crippen molar-refractivity contribution in [2.75, 3.05) is 13.1 Å². The van der Waals surface area contributed by atoms with Crippen molar-refractivity contribution in [3.8, 4) is 0 Å². The lowest BCUT2D eigenvalue weighted by atomic mass is 9.83. The highest BCUT2D eigenvalue weighted by atomic mass is 35.5. The van der Waals surface area contributed by atoms with Gasteiger partial charge in [0.15, 0.2) is 10.6 Å². The molecule has 0 aliphatic carbocycles. The van der Waals surface area contributed by atoms with E-state index in [0.29, 0.717) is 36.2 Å². The molecule has 196 valence electrons. The zero-order valence-electron chi connectivity index (χ0n) is 19.5. The summed E-state index contributed by atoms with van der Waals surface area (Å²) in [6.45, 7) is 1.07. The van der Waals surface area contributed by atoms with Crippen LogP contribution < -0.4 is 0 Å². The Balaban J connectivity index is 1.24. The largest absolute Gasteiger partial charge is 0.409 e. The maximum Gasteiger partial charge on any atom is 0.409 e. The van der Waals surface area contributed by atoms with Gasteiger partial charge < -0.3 is 9.64 Å². The Kier molecular flexibility index (Phi) is 6.07. The van der Waals surface area contributed by atoms with Gasteiger partial charge in [-0.05, 0) is 64.5 Å². The second-order valence-corrected chi connectivity index (χ2v) is 11.4. The van der Waals surface area contributed by atoms with Crippen LogP contribution in [0, 0.1) is 5.82 Å². The molecule has 3 heterocycles. The number of halogens is 6. The van der Waals surface area contributed by atoms with E-state index in [4.69, 9.17) is 27.9 Å². The van der Waals surface area contributed by atoms with Crippen molar-refractivity contribution < 1.29 is 27.1 Å². The Morgan fingerprint density at radius 2 is 1.71 bits per heavy atom. The fourth-order valence-electron chi connectivity index (χ4n) is 5.22. The predicted molar refractivity (Wildman–Crippen MR) is 138 cm³/mol. The third-order valence-electron chi connectivity index (χ3n) is 7.27. The Morgan fingerprint density at radius 3 is 2.37 bits per heavy atom. The highest BCUT2D eigenvalue weighted by Gasteiger charge is 2.60. The van der Waals surface area contributed by atoms with E-state index in [-0.39, 0.29) is 23.8 Å². The van der Waals surface area contributed by atoms with Crippen molar-refractivity contribution in [3.63, 3.8) is 0 Å². The Bertz CT molecular complexity index is 1470. The molecule has 1 spiro atoms. The molecule has 1 saturated heterocycles. The fraction of sp³-hybridized carbons (Fsp3) is 0.259.